The van der Waals surface area contributed by atoms with E-state index in [4.69, 9.17) is 21.9 Å². The first-order valence-electron chi connectivity index (χ1n) is 6.01. The number of hydrogen-bond acceptors (Lipinski definition) is 7. The average Bonchev–Trinajstić information content (AvgIpc) is 2.96. The van der Waals surface area contributed by atoms with E-state index in [9.17, 15) is 0 Å². The molecule has 8 heteroatoms. The van der Waals surface area contributed by atoms with Gasteiger partial charge in [0.25, 0.3) is 5.89 Å². The topological polar surface area (TPSA) is 90.7 Å². The third kappa shape index (κ3) is 3.14. The molecule has 0 atom stereocenters. The van der Waals surface area contributed by atoms with Gasteiger partial charge in [0, 0.05) is 12.4 Å². The lowest BCUT2D eigenvalue weighted by molar-refractivity contribution is 0.425. The Balaban J connectivity index is 1.74. The first kappa shape index (κ1) is 13.8. The minimum atomic E-state index is 0.386. The number of benzene rings is 1. The maximum atomic E-state index is 6.09. The summed E-state index contributed by atoms with van der Waals surface area (Å²) in [5.41, 5.74) is 6.43. The summed E-state index contributed by atoms with van der Waals surface area (Å²) in [6.45, 7) is 0. The van der Waals surface area contributed by atoms with Crippen molar-refractivity contribution in [1.29, 1.82) is 0 Å². The molecule has 0 radical (unpaired) electrons. The molecule has 0 aliphatic rings. The molecular weight excluding hydrogens is 310 g/mol. The van der Waals surface area contributed by atoms with Crippen molar-refractivity contribution in [3.05, 3.63) is 47.5 Å². The normalized spacial score (nSPS) is 10.7. The number of hydrogen-bond donors (Lipinski definition) is 1. The molecule has 21 heavy (non-hydrogen) atoms. The van der Waals surface area contributed by atoms with Gasteiger partial charge in [-0.3, -0.25) is 0 Å². The van der Waals surface area contributed by atoms with E-state index < -0.39 is 0 Å². The average molecular weight is 320 g/mol. The number of nitrogen functional groups attached to an aromatic ring is 1. The Bertz CT molecular complexity index is 764. The van der Waals surface area contributed by atoms with Crippen LogP contribution in [-0.2, 0) is 5.75 Å². The molecule has 0 saturated heterocycles. The molecule has 0 unspecified atom stereocenters. The molecule has 2 N–H and O–H groups in total. The van der Waals surface area contributed by atoms with Crippen LogP contribution in [0.5, 0.6) is 0 Å². The molecule has 0 aliphatic carbocycles. The van der Waals surface area contributed by atoms with Crippen molar-refractivity contribution in [3.8, 4) is 11.5 Å². The summed E-state index contributed by atoms with van der Waals surface area (Å²) in [6, 6.07) is 7.30. The van der Waals surface area contributed by atoms with E-state index in [-0.39, 0.29) is 0 Å². The molecule has 0 fully saturated rings. The second-order valence-corrected chi connectivity index (χ2v) is 5.40. The number of aromatic nitrogens is 4. The van der Waals surface area contributed by atoms with Crippen LogP contribution in [0.2, 0.25) is 5.02 Å². The molecule has 2 heterocycles. The molecule has 0 spiro atoms. The largest absolute Gasteiger partial charge is 0.381 e. The number of nitrogens with zero attached hydrogens (tertiary/aromatic N) is 4. The van der Waals surface area contributed by atoms with Gasteiger partial charge >= 0.3 is 0 Å². The predicted octanol–water partition coefficient (Wildman–Crippen LogP) is 3.05. The summed E-state index contributed by atoms with van der Waals surface area (Å²) in [5, 5.41) is 5.13. The van der Waals surface area contributed by atoms with Gasteiger partial charge in [-0.25, -0.2) is 9.97 Å². The van der Waals surface area contributed by atoms with Crippen LogP contribution in [0.25, 0.3) is 11.5 Å². The third-order valence-electron chi connectivity index (χ3n) is 2.60. The van der Waals surface area contributed by atoms with Gasteiger partial charge in [0.15, 0.2) is 11.6 Å². The van der Waals surface area contributed by atoms with Crippen LogP contribution in [0, 0.1) is 0 Å². The van der Waals surface area contributed by atoms with E-state index in [2.05, 4.69) is 20.1 Å². The fraction of sp³-hybridized carbons (Fsp3) is 0.0769. The molecule has 6 nitrogen and oxygen atoms in total. The quantitative estimate of drug-likeness (QED) is 0.739. The molecule has 0 saturated carbocycles. The monoisotopic (exact) mass is 319 g/mol. The fourth-order valence-corrected chi connectivity index (χ4v) is 2.57. The fourth-order valence-electron chi connectivity index (χ4n) is 1.64. The summed E-state index contributed by atoms with van der Waals surface area (Å²) < 4.78 is 5.22. The highest BCUT2D eigenvalue weighted by Crippen LogP contribution is 2.28. The molecule has 1 aromatic carbocycles. The molecule has 0 aliphatic heterocycles. The lowest BCUT2D eigenvalue weighted by Crippen LogP contribution is -1.95. The first-order valence-corrected chi connectivity index (χ1v) is 7.37. The summed E-state index contributed by atoms with van der Waals surface area (Å²) >= 11 is 7.49. The summed E-state index contributed by atoms with van der Waals surface area (Å²) in [6.07, 6.45) is 3.13. The first-order chi connectivity index (χ1) is 10.2. The molecule has 106 valence electrons. The Kier molecular flexibility index (Phi) is 4.03. The van der Waals surface area contributed by atoms with Gasteiger partial charge in [-0.05, 0) is 12.1 Å². The van der Waals surface area contributed by atoms with Crippen LogP contribution in [-0.4, -0.2) is 20.1 Å². The molecule has 3 rings (SSSR count). The zero-order chi connectivity index (χ0) is 14.7. The second-order valence-electron chi connectivity index (χ2n) is 4.03. The Morgan fingerprint density at radius 3 is 2.81 bits per heavy atom. The maximum Gasteiger partial charge on any atom is 0.259 e. The summed E-state index contributed by atoms with van der Waals surface area (Å²) in [4.78, 5) is 12.4. The molecule has 2 aromatic heterocycles. The van der Waals surface area contributed by atoms with Gasteiger partial charge in [-0.2, -0.15) is 4.98 Å². The van der Waals surface area contributed by atoms with Crippen LogP contribution < -0.4 is 5.73 Å². The SMILES string of the molecule is Nc1nccnc1SCc1noc(-c2ccccc2Cl)n1. The number of nitrogens with two attached hydrogens (primary N) is 1. The lowest BCUT2D eigenvalue weighted by atomic mass is 10.2. The van der Waals surface area contributed by atoms with Crippen molar-refractivity contribution in [2.45, 2.75) is 10.8 Å². The Morgan fingerprint density at radius 1 is 1.19 bits per heavy atom. The van der Waals surface area contributed by atoms with Gasteiger partial charge in [0.05, 0.1) is 16.3 Å². The number of thioether (sulfide) groups is 1. The molecular formula is C13H10ClN5OS. The van der Waals surface area contributed by atoms with Crippen molar-refractivity contribution >= 4 is 29.2 Å². The molecule has 3 aromatic rings. The van der Waals surface area contributed by atoms with Crippen LogP contribution in [0.4, 0.5) is 5.82 Å². The summed E-state index contributed by atoms with van der Waals surface area (Å²) in [7, 11) is 0. The number of halogens is 1. The van der Waals surface area contributed by atoms with E-state index in [0.29, 0.717) is 38.9 Å². The van der Waals surface area contributed by atoms with Crippen molar-refractivity contribution < 1.29 is 4.52 Å². The number of anilines is 1. The highest BCUT2D eigenvalue weighted by atomic mass is 35.5. The molecule has 0 bridgehead atoms. The minimum Gasteiger partial charge on any atom is -0.381 e. The zero-order valence-electron chi connectivity index (χ0n) is 10.7. The standard InChI is InChI=1S/C13H10ClN5OS/c14-9-4-2-1-3-8(9)12-18-10(19-20-12)7-21-13-11(15)16-5-6-17-13/h1-6H,7H2,(H2,15,16). The van der Waals surface area contributed by atoms with Crippen molar-refractivity contribution in [1.82, 2.24) is 20.1 Å². The van der Waals surface area contributed by atoms with Gasteiger partial charge in [0.2, 0.25) is 0 Å². The second kappa shape index (κ2) is 6.11. The van der Waals surface area contributed by atoms with Gasteiger partial charge < -0.3 is 10.3 Å². The van der Waals surface area contributed by atoms with Gasteiger partial charge in [-0.15, -0.1) is 0 Å². The van der Waals surface area contributed by atoms with E-state index in [1.807, 2.05) is 18.2 Å². The van der Waals surface area contributed by atoms with Crippen LogP contribution in [0.3, 0.4) is 0 Å². The predicted molar refractivity (Wildman–Crippen MR) is 80.7 cm³/mol. The maximum absolute atomic E-state index is 6.09. The van der Waals surface area contributed by atoms with E-state index in [0.717, 1.165) is 0 Å². The van der Waals surface area contributed by atoms with Gasteiger partial charge in [0.1, 0.15) is 5.03 Å². The Morgan fingerprint density at radius 2 is 2.00 bits per heavy atom. The number of rotatable bonds is 4. The summed E-state index contributed by atoms with van der Waals surface area (Å²) in [5.74, 6) is 1.80. The third-order valence-corrected chi connectivity index (χ3v) is 3.92. The van der Waals surface area contributed by atoms with Crippen molar-refractivity contribution in [2.75, 3.05) is 5.73 Å². The van der Waals surface area contributed by atoms with Crippen molar-refractivity contribution in [3.63, 3.8) is 0 Å². The Hall–Kier alpha value is -2.12. The van der Waals surface area contributed by atoms with Gasteiger partial charge in [-0.1, -0.05) is 40.7 Å². The lowest BCUT2D eigenvalue weighted by Gasteiger charge is -1.99. The highest BCUT2D eigenvalue weighted by molar-refractivity contribution is 7.98. The van der Waals surface area contributed by atoms with Crippen molar-refractivity contribution in [2.24, 2.45) is 0 Å². The van der Waals surface area contributed by atoms with Crippen LogP contribution >= 0.6 is 23.4 Å². The van der Waals surface area contributed by atoms with E-state index in [1.54, 1.807) is 18.5 Å². The minimum absolute atomic E-state index is 0.386. The zero-order valence-corrected chi connectivity index (χ0v) is 12.3. The molecule has 0 amide bonds. The van der Waals surface area contributed by atoms with E-state index in [1.165, 1.54) is 11.8 Å². The van der Waals surface area contributed by atoms with Crippen LogP contribution in [0.1, 0.15) is 5.82 Å². The smallest absolute Gasteiger partial charge is 0.259 e. The van der Waals surface area contributed by atoms with Crippen LogP contribution in [0.15, 0.2) is 46.2 Å². The van der Waals surface area contributed by atoms with E-state index >= 15 is 0 Å². The highest BCUT2D eigenvalue weighted by Gasteiger charge is 2.12. The Labute approximate surface area is 129 Å².